The molecule has 3 rings (SSSR count). The van der Waals surface area contributed by atoms with Gasteiger partial charge < -0.3 is 38.2 Å². The summed E-state index contributed by atoms with van der Waals surface area (Å²) in [5.74, 6) is 2.81. The largest absolute Gasteiger partial charge is 0.493 e. The topological polar surface area (TPSA) is 109 Å². The monoisotopic (exact) mass is 657 g/mol. The number of ether oxygens (including phenoxy) is 6. The lowest BCUT2D eigenvalue weighted by Gasteiger charge is -2.17. The number of hydrogen-bond donors (Lipinski definition) is 0. The van der Waals surface area contributed by atoms with Crippen LogP contribution in [0.25, 0.3) is 12.2 Å². The Morgan fingerprint density at radius 2 is 0.938 bits per heavy atom. The van der Waals surface area contributed by atoms with Gasteiger partial charge in [-0.05, 0) is 47.5 Å². The van der Waals surface area contributed by atoms with E-state index in [9.17, 15) is 9.59 Å². The maximum Gasteiger partial charge on any atom is 0.246 e. The molecule has 48 heavy (non-hydrogen) atoms. The molecule has 0 aliphatic rings. The van der Waals surface area contributed by atoms with Gasteiger partial charge in [0.25, 0.3) is 0 Å². The molecule has 0 aliphatic carbocycles. The lowest BCUT2D eigenvalue weighted by atomic mass is 10.1. The molecule has 0 bridgehead atoms. The van der Waals surface area contributed by atoms with Crippen LogP contribution in [-0.2, 0) is 22.7 Å². The Kier molecular flexibility index (Phi) is 14.1. The van der Waals surface area contributed by atoms with E-state index in [1.54, 1.807) is 90.9 Å². The van der Waals surface area contributed by atoms with E-state index in [0.717, 1.165) is 11.1 Å². The number of aromatic nitrogens is 1. The van der Waals surface area contributed by atoms with Crippen LogP contribution in [0.4, 0.5) is 0 Å². The standard InChI is InChI=1S/C37H43N3O8/c1-39(34(41)18-11-9-14-26-20-30(43-3)36(47-7)31(21-26)44-4)24-28-16-13-17-29(38-28)25-40(2)35(42)19-12-10-15-27-22-32(45-5)37(48-8)33(23-27)46-6/h9-23H,24-25H2,1-8H3/b14-9+,15-10+,18-11+,19-12+. The first-order chi connectivity index (χ1) is 23.2. The fourth-order valence-corrected chi connectivity index (χ4v) is 4.61. The van der Waals surface area contributed by atoms with Crippen LogP contribution in [0.5, 0.6) is 34.5 Å². The summed E-state index contributed by atoms with van der Waals surface area (Å²) in [7, 11) is 12.7. The van der Waals surface area contributed by atoms with Crippen molar-refractivity contribution in [1.29, 1.82) is 0 Å². The summed E-state index contributed by atoms with van der Waals surface area (Å²) < 4.78 is 32.3. The van der Waals surface area contributed by atoms with Crippen LogP contribution in [0.3, 0.4) is 0 Å². The summed E-state index contributed by atoms with van der Waals surface area (Å²) in [6, 6.07) is 12.8. The maximum atomic E-state index is 12.7. The van der Waals surface area contributed by atoms with Gasteiger partial charge in [0.05, 0.1) is 67.1 Å². The Morgan fingerprint density at radius 3 is 1.25 bits per heavy atom. The van der Waals surface area contributed by atoms with E-state index < -0.39 is 0 Å². The number of allylic oxidation sites excluding steroid dienone is 4. The molecule has 0 aliphatic heterocycles. The number of likely N-dealkylation sites (N-methyl/N-ethyl adjacent to an activating group) is 2. The number of benzene rings is 2. The molecule has 1 aromatic heterocycles. The van der Waals surface area contributed by atoms with Crippen LogP contribution < -0.4 is 28.4 Å². The van der Waals surface area contributed by atoms with E-state index >= 15 is 0 Å². The highest BCUT2D eigenvalue weighted by Crippen LogP contribution is 2.39. The second kappa shape index (κ2) is 18.4. The van der Waals surface area contributed by atoms with E-state index in [1.165, 1.54) is 12.2 Å². The number of hydrogen-bond acceptors (Lipinski definition) is 9. The average molecular weight is 658 g/mol. The lowest BCUT2D eigenvalue weighted by Crippen LogP contribution is -2.26. The van der Waals surface area contributed by atoms with Crippen molar-refractivity contribution in [3.63, 3.8) is 0 Å². The Labute approximate surface area is 282 Å². The molecule has 0 unspecified atom stereocenters. The van der Waals surface area contributed by atoms with Crippen molar-refractivity contribution in [2.45, 2.75) is 13.1 Å². The molecule has 2 aromatic carbocycles. The first kappa shape index (κ1) is 36.8. The molecule has 254 valence electrons. The molecule has 0 radical (unpaired) electrons. The minimum absolute atomic E-state index is 0.186. The normalized spacial score (nSPS) is 11.3. The highest BCUT2D eigenvalue weighted by atomic mass is 16.5. The number of methoxy groups -OCH3 is 6. The highest BCUT2D eigenvalue weighted by molar-refractivity contribution is 5.88. The predicted molar refractivity (Wildman–Crippen MR) is 186 cm³/mol. The van der Waals surface area contributed by atoms with Gasteiger partial charge in [0.2, 0.25) is 23.3 Å². The Bertz CT molecular complexity index is 1510. The van der Waals surface area contributed by atoms with Crippen molar-refractivity contribution in [2.75, 3.05) is 56.8 Å². The number of rotatable bonds is 16. The van der Waals surface area contributed by atoms with E-state index in [-0.39, 0.29) is 11.8 Å². The zero-order valence-corrected chi connectivity index (χ0v) is 28.7. The van der Waals surface area contributed by atoms with Crippen LogP contribution in [0.15, 0.2) is 78.9 Å². The Hall–Kier alpha value is -5.71. The van der Waals surface area contributed by atoms with Gasteiger partial charge in [-0.25, -0.2) is 0 Å². The number of carbonyl (C=O) groups excluding carboxylic acids is 2. The van der Waals surface area contributed by atoms with Crippen molar-refractivity contribution in [3.8, 4) is 34.5 Å². The van der Waals surface area contributed by atoms with Gasteiger partial charge in [0.15, 0.2) is 23.0 Å². The maximum absolute atomic E-state index is 12.7. The summed E-state index contributed by atoms with van der Waals surface area (Å²) in [6.07, 6.45) is 13.5. The number of carbonyl (C=O) groups is 2. The minimum Gasteiger partial charge on any atom is -0.493 e. The Morgan fingerprint density at radius 1 is 0.583 bits per heavy atom. The van der Waals surface area contributed by atoms with Crippen LogP contribution >= 0.6 is 0 Å². The molecule has 11 nitrogen and oxygen atoms in total. The summed E-state index contributed by atoms with van der Waals surface area (Å²) in [5, 5.41) is 0. The van der Waals surface area contributed by atoms with Crippen LogP contribution in [0, 0.1) is 0 Å². The summed E-state index contributed by atoms with van der Waals surface area (Å²) in [6.45, 7) is 0.605. The number of pyridine rings is 1. The average Bonchev–Trinajstić information content (AvgIpc) is 3.10. The molecule has 0 saturated heterocycles. The summed E-state index contributed by atoms with van der Waals surface area (Å²) >= 11 is 0. The number of nitrogens with zero attached hydrogens (tertiary/aromatic N) is 3. The van der Waals surface area contributed by atoms with Gasteiger partial charge >= 0.3 is 0 Å². The lowest BCUT2D eigenvalue weighted by molar-refractivity contribution is -0.126. The van der Waals surface area contributed by atoms with Crippen LogP contribution in [-0.4, -0.2) is 83.4 Å². The van der Waals surface area contributed by atoms with E-state index in [2.05, 4.69) is 4.98 Å². The van der Waals surface area contributed by atoms with E-state index in [4.69, 9.17) is 28.4 Å². The van der Waals surface area contributed by atoms with Gasteiger partial charge in [-0.2, -0.15) is 0 Å². The zero-order valence-electron chi connectivity index (χ0n) is 28.7. The van der Waals surface area contributed by atoms with Crippen molar-refractivity contribution in [3.05, 3.63) is 101 Å². The molecule has 11 heteroatoms. The second-order valence-electron chi connectivity index (χ2n) is 10.4. The third-order valence-electron chi connectivity index (χ3n) is 7.07. The van der Waals surface area contributed by atoms with Gasteiger partial charge in [-0.1, -0.05) is 42.5 Å². The fraction of sp³-hybridized carbons (Fsp3) is 0.270. The molecular formula is C37H43N3O8. The van der Waals surface area contributed by atoms with Gasteiger partial charge in [-0.15, -0.1) is 0 Å². The van der Waals surface area contributed by atoms with E-state index in [0.29, 0.717) is 59.0 Å². The van der Waals surface area contributed by atoms with Gasteiger partial charge in [0.1, 0.15) is 0 Å². The highest BCUT2D eigenvalue weighted by Gasteiger charge is 2.14. The number of amides is 2. The summed E-state index contributed by atoms with van der Waals surface area (Å²) in [4.78, 5) is 33.3. The predicted octanol–water partition coefficient (Wildman–Crippen LogP) is 5.59. The molecule has 0 fully saturated rings. The first-order valence-electron chi connectivity index (χ1n) is 14.9. The zero-order chi connectivity index (χ0) is 35.1. The molecule has 1 heterocycles. The van der Waals surface area contributed by atoms with Crippen molar-refractivity contribution in [1.82, 2.24) is 14.8 Å². The second-order valence-corrected chi connectivity index (χ2v) is 10.4. The van der Waals surface area contributed by atoms with Crippen LogP contribution in [0.1, 0.15) is 22.5 Å². The molecule has 0 spiro atoms. The first-order valence-corrected chi connectivity index (χ1v) is 14.9. The summed E-state index contributed by atoms with van der Waals surface area (Å²) in [5.41, 5.74) is 3.05. The molecular weight excluding hydrogens is 614 g/mol. The molecule has 0 saturated carbocycles. The molecule has 0 atom stereocenters. The van der Waals surface area contributed by atoms with Crippen LogP contribution in [0.2, 0.25) is 0 Å². The van der Waals surface area contributed by atoms with Gasteiger partial charge in [-0.3, -0.25) is 14.6 Å². The minimum atomic E-state index is -0.186. The third kappa shape index (κ3) is 10.1. The van der Waals surface area contributed by atoms with Crippen molar-refractivity contribution < 1.29 is 38.0 Å². The smallest absolute Gasteiger partial charge is 0.246 e. The van der Waals surface area contributed by atoms with E-state index in [1.807, 2.05) is 54.6 Å². The SMILES string of the molecule is COc1cc(/C=C/C=C/C(=O)N(C)Cc2cccc(CN(C)C(=O)/C=C/C=C/c3cc(OC)c(OC)c(OC)c3)n2)cc(OC)c1OC. The Balaban J connectivity index is 1.55. The molecule has 2 amide bonds. The molecule has 0 N–H and O–H groups in total. The quantitative estimate of drug-likeness (QED) is 0.144. The fourth-order valence-electron chi connectivity index (χ4n) is 4.61. The molecule has 3 aromatic rings. The van der Waals surface area contributed by atoms with Crippen molar-refractivity contribution in [2.24, 2.45) is 0 Å². The third-order valence-corrected chi connectivity index (χ3v) is 7.07. The van der Waals surface area contributed by atoms with Crippen molar-refractivity contribution >= 4 is 24.0 Å². The van der Waals surface area contributed by atoms with Gasteiger partial charge in [0, 0.05) is 26.2 Å².